The van der Waals surface area contributed by atoms with Gasteiger partial charge in [0.1, 0.15) is 11.6 Å². The molecular weight excluding hydrogens is 272 g/mol. The summed E-state index contributed by atoms with van der Waals surface area (Å²) in [4.78, 5) is 0. The molecule has 21 heavy (non-hydrogen) atoms. The van der Waals surface area contributed by atoms with Gasteiger partial charge in [0.2, 0.25) is 0 Å². The quantitative estimate of drug-likeness (QED) is 0.887. The number of hydrogen-bond acceptors (Lipinski definition) is 2. The van der Waals surface area contributed by atoms with Crippen molar-refractivity contribution in [3.8, 4) is 0 Å². The first-order chi connectivity index (χ1) is 9.97. The van der Waals surface area contributed by atoms with Crippen LogP contribution in [0.5, 0.6) is 0 Å². The smallest absolute Gasteiger partial charge is 0.126 e. The Balaban J connectivity index is 2.13. The van der Waals surface area contributed by atoms with Crippen LogP contribution in [0.15, 0.2) is 24.3 Å². The van der Waals surface area contributed by atoms with Crippen LogP contribution in [0, 0.1) is 18.6 Å². The van der Waals surface area contributed by atoms with Crippen molar-refractivity contribution in [1.82, 2.24) is 15.1 Å². The van der Waals surface area contributed by atoms with Crippen LogP contribution < -0.4 is 5.32 Å². The summed E-state index contributed by atoms with van der Waals surface area (Å²) < 4.78 is 28.4. The van der Waals surface area contributed by atoms with E-state index in [2.05, 4.69) is 10.4 Å². The van der Waals surface area contributed by atoms with Crippen molar-refractivity contribution in [2.75, 3.05) is 6.54 Å². The van der Waals surface area contributed by atoms with Crippen molar-refractivity contribution in [2.45, 2.75) is 32.7 Å². The predicted molar refractivity (Wildman–Crippen MR) is 79.2 cm³/mol. The van der Waals surface area contributed by atoms with E-state index < -0.39 is 11.6 Å². The van der Waals surface area contributed by atoms with E-state index in [9.17, 15) is 8.78 Å². The Morgan fingerprint density at radius 3 is 2.33 bits per heavy atom. The molecule has 5 heteroatoms. The number of rotatable bonds is 6. The Hall–Kier alpha value is -1.75. The highest BCUT2D eigenvalue weighted by atomic mass is 19.1. The molecule has 1 atom stereocenters. The highest BCUT2D eigenvalue weighted by Crippen LogP contribution is 2.13. The average Bonchev–Trinajstić information content (AvgIpc) is 2.66. The minimum atomic E-state index is -0.531. The summed E-state index contributed by atoms with van der Waals surface area (Å²) in [6.45, 7) is 4.78. The van der Waals surface area contributed by atoms with Crippen LogP contribution in [0.25, 0.3) is 0 Å². The fourth-order valence-electron chi connectivity index (χ4n) is 2.63. The number of aromatic nitrogens is 2. The van der Waals surface area contributed by atoms with Gasteiger partial charge in [0.05, 0.1) is 5.69 Å². The van der Waals surface area contributed by atoms with Crippen molar-refractivity contribution in [2.24, 2.45) is 7.05 Å². The van der Waals surface area contributed by atoms with Gasteiger partial charge in [0.15, 0.2) is 0 Å². The van der Waals surface area contributed by atoms with E-state index in [0.29, 0.717) is 12.0 Å². The fourth-order valence-corrected chi connectivity index (χ4v) is 2.63. The maximum Gasteiger partial charge on any atom is 0.126 e. The number of nitrogens with one attached hydrogen (secondary N) is 1. The van der Waals surface area contributed by atoms with Crippen LogP contribution in [-0.4, -0.2) is 22.4 Å². The molecule has 1 N–H and O–H groups in total. The molecule has 0 saturated carbocycles. The molecule has 0 aliphatic rings. The molecule has 1 unspecified atom stereocenters. The number of hydrogen-bond donors (Lipinski definition) is 1. The second-order valence-corrected chi connectivity index (χ2v) is 5.34. The summed E-state index contributed by atoms with van der Waals surface area (Å²) in [6, 6.07) is 5.84. The molecule has 0 bridgehead atoms. The van der Waals surface area contributed by atoms with Gasteiger partial charge in [-0.1, -0.05) is 6.92 Å². The monoisotopic (exact) mass is 293 g/mol. The molecule has 2 aromatic rings. The van der Waals surface area contributed by atoms with Crippen molar-refractivity contribution in [3.05, 3.63) is 52.9 Å². The summed E-state index contributed by atoms with van der Waals surface area (Å²) >= 11 is 0. The van der Waals surface area contributed by atoms with Crippen LogP contribution in [-0.2, 0) is 19.9 Å². The molecule has 0 aliphatic heterocycles. The minimum absolute atomic E-state index is 0.117. The molecule has 0 radical (unpaired) electrons. The Bertz CT molecular complexity index is 587. The molecule has 0 spiro atoms. The third-order valence-corrected chi connectivity index (χ3v) is 3.45. The second-order valence-electron chi connectivity index (χ2n) is 5.34. The summed E-state index contributed by atoms with van der Waals surface area (Å²) in [5, 5.41) is 7.70. The van der Waals surface area contributed by atoms with E-state index in [-0.39, 0.29) is 6.04 Å². The summed E-state index contributed by atoms with van der Waals surface area (Å²) in [5.41, 5.74) is 2.74. The maximum atomic E-state index is 13.3. The van der Waals surface area contributed by atoms with Crippen LogP contribution in [0.4, 0.5) is 8.78 Å². The molecule has 1 heterocycles. The number of benzene rings is 1. The van der Waals surface area contributed by atoms with Crippen molar-refractivity contribution < 1.29 is 8.78 Å². The number of halogens is 2. The Labute approximate surface area is 124 Å². The van der Waals surface area contributed by atoms with Crippen LogP contribution in [0.1, 0.15) is 23.9 Å². The van der Waals surface area contributed by atoms with Gasteiger partial charge in [0, 0.05) is 31.3 Å². The largest absolute Gasteiger partial charge is 0.314 e. The van der Waals surface area contributed by atoms with Gasteiger partial charge in [-0.05, 0) is 43.7 Å². The SMILES string of the molecule is CCNC(Cc1cc(F)cc(F)c1)Cc1cc(C)nn1C. The van der Waals surface area contributed by atoms with Gasteiger partial charge in [-0.2, -0.15) is 5.10 Å². The first-order valence-corrected chi connectivity index (χ1v) is 7.15. The van der Waals surface area contributed by atoms with Crippen molar-refractivity contribution in [3.63, 3.8) is 0 Å². The van der Waals surface area contributed by atoms with Gasteiger partial charge in [-0.25, -0.2) is 8.78 Å². The van der Waals surface area contributed by atoms with E-state index in [1.165, 1.54) is 12.1 Å². The zero-order chi connectivity index (χ0) is 15.4. The molecular formula is C16H21F2N3. The first kappa shape index (κ1) is 15.6. The van der Waals surface area contributed by atoms with Gasteiger partial charge in [0.25, 0.3) is 0 Å². The van der Waals surface area contributed by atoms with Crippen molar-refractivity contribution in [1.29, 1.82) is 0 Å². The fraction of sp³-hybridized carbons (Fsp3) is 0.438. The van der Waals surface area contributed by atoms with Crippen molar-refractivity contribution >= 4 is 0 Å². The maximum absolute atomic E-state index is 13.3. The molecule has 0 saturated heterocycles. The number of aryl methyl sites for hydroxylation is 2. The lowest BCUT2D eigenvalue weighted by molar-refractivity contribution is 0.500. The Kier molecular flexibility index (Phi) is 5.07. The second kappa shape index (κ2) is 6.80. The highest BCUT2D eigenvalue weighted by Gasteiger charge is 2.13. The normalized spacial score (nSPS) is 12.6. The van der Waals surface area contributed by atoms with E-state index >= 15 is 0 Å². The molecule has 0 fully saturated rings. The van der Waals surface area contributed by atoms with Gasteiger partial charge in [-0.15, -0.1) is 0 Å². The average molecular weight is 293 g/mol. The third kappa shape index (κ3) is 4.36. The van der Waals surface area contributed by atoms with Crippen LogP contribution in [0.3, 0.4) is 0 Å². The van der Waals surface area contributed by atoms with E-state index in [0.717, 1.165) is 30.4 Å². The first-order valence-electron chi connectivity index (χ1n) is 7.15. The zero-order valence-corrected chi connectivity index (χ0v) is 12.7. The van der Waals surface area contributed by atoms with E-state index in [1.807, 2.05) is 31.6 Å². The Morgan fingerprint density at radius 2 is 1.81 bits per heavy atom. The number of likely N-dealkylation sites (N-methyl/N-ethyl adjacent to an activating group) is 1. The van der Waals surface area contributed by atoms with Gasteiger partial charge in [-0.3, -0.25) is 4.68 Å². The Morgan fingerprint density at radius 1 is 1.14 bits per heavy atom. The highest BCUT2D eigenvalue weighted by molar-refractivity contribution is 5.20. The predicted octanol–water partition coefficient (Wildman–Crippen LogP) is 2.77. The minimum Gasteiger partial charge on any atom is -0.314 e. The molecule has 0 amide bonds. The van der Waals surface area contributed by atoms with Crippen LogP contribution >= 0.6 is 0 Å². The molecule has 2 rings (SSSR count). The molecule has 1 aromatic carbocycles. The van der Waals surface area contributed by atoms with E-state index in [4.69, 9.17) is 0 Å². The van der Waals surface area contributed by atoms with Gasteiger partial charge >= 0.3 is 0 Å². The lowest BCUT2D eigenvalue weighted by atomic mass is 10.0. The third-order valence-electron chi connectivity index (χ3n) is 3.45. The van der Waals surface area contributed by atoms with E-state index in [1.54, 1.807) is 0 Å². The number of nitrogens with zero attached hydrogens (tertiary/aromatic N) is 2. The molecule has 0 aliphatic carbocycles. The molecule has 1 aromatic heterocycles. The zero-order valence-electron chi connectivity index (χ0n) is 12.7. The summed E-state index contributed by atoms with van der Waals surface area (Å²) in [7, 11) is 1.91. The standard InChI is InChI=1S/C16H21F2N3/c1-4-19-15(10-16-5-11(2)20-21(16)3)8-12-6-13(17)9-14(18)7-12/h5-7,9,15,19H,4,8,10H2,1-3H3. The summed E-state index contributed by atoms with van der Waals surface area (Å²) in [6.07, 6.45) is 1.34. The molecule has 3 nitrogen and oxygen atoms in total. The topological polar surface area (TPSA) is 29.9 Å². The van der Waals surface area contributed by atoms with Gasteiger partial charge < -0.3 is 5.32 Å². The lowest BCUT2D eigenvalue weighted by Gasteiger charge is -2.18. The lowest BCUT2D eigenvalue weighted by Crippen LogP contribution is -2.33. The van der Waals surface area contributed by atoms with Crippen LogP contribution in [0.2, 0.25) is 0 Å². The molecule has 114 valence electrons. The summed E-state index contributed by atoms with van der Waals surface area (Å²) in [5.74, 6) is -1.06.